The number of carbonyl (C=O) groups excluding carboxylic acids is 1. The van der Waals surface area contributed by atoms with Crippen molar-refractivity contribution in [3.8, 4) is 0 Å². The zero-order valence-electron chi connectivity index (χ0n) is 21.5. The van der Waals surface area contributed by atoms with Crippen molar-refractivity contribution in [1.82, 2.24) is 10.4 Å². The molecule has 184 valence electrons. The van der Waals surface area contributed by atoms with Crippen molar-refractivity contribution in [3.05, 3.63) is 34.6 Å². The molecule has 0 radical (unpaired) electrons. The average Bonchev–Trinajstić information content (AvgIpc) is 2.79. The van der Waals surface area contributed by atoms with E-state index in [1.54, 1.807) is 11.5 Å². The van der Waals surface area contributed by atoms with Crippen molar-refractivity contribution < 1.29 is 14.4 Å². The number of carbonyl (C=O) groups is 1. The third kappa shape index (κ3) is 8.82. The predicted molar refractivity (Wildman–Crippen MR) is 131 cm³/mol. The molecule has 1 aromatic carbocycles. The molecule has 5 heteroatoms. The second-order valence-electron chi connectivity index (χ2n) is 9.73. The molecule has 1 amide bonds. The third-order valence-corrected chi connectivity index (χ3v) is 6.92. The van der Waals surface area contributed by atoms with E-state index in [1.807, 2.05) is 13.8 Å². The number of hydroxylamine groups is 1. The number of nitrogens with zero attached hydrogens (tertiary/aromatic N) is 1. The summed E-state index contributed by atoms with van der Waals surface area (Å²) in [6.45, 7) is 18.1. The zero-order chi connectivity index (χ0) is 24.3. The number of amides is 1. The summed E-state index contributed by atoms with van der Waals surface area (Å²) in [6.07, 6.45) is 6.90. The van der Waals surface area contributed by atoms with Crippen LogP contribution < -0.4 is 5.48 Å². The van der Waals surface area contributed by atoms with Crippen molar-refractivity contribution >= 4 is 5.91 Å². The van der Waals surface area contributed by atoms with Gasteiger partial charge in [0.05, 0.1) is 0 Å². The summed E-state index contributed by atoms with van der Waals surface area (Å²) >= 11 is 0. The van der Waals surface area contributed by atoms with Gasteiger partial charge in [0, 0.05) is 30.8 Å². The van der Waals surface area contributed by atoms with Gasteiger partial charge in [-0.15, -0.1) is 0 Å². The number of hydrogen-bond donors (Lipinski definition) is 2. The molecule has 0 spiro atoms. The van der Waals surface area contributed by atoms with Crippen molar-refractivity contribution in [3.63, 3.8) is 0 Å². The highest BCUT2D eigenvalue weighted by molar-refractivity contribution is 5.93. The molecule has 1 aromatic rings. The van der Waals surface area contributed by atoms with Gasteiger partial charge in [0.1, 0.15) is 5.82 Å². The molecule has 4 unspecified atom stereocenters. The summed E-state index contributed by atoms with van der Waals surface area (Å²) < 4.78 is 14.7. The Morgan fingerprint density at radius 3 is 2.25 bits per heavy atom. The molecule has 4 nitrogen and oxygen atoms in total. The Kier molecular flexibility index (Phi) is 13.1. The fourth-order valence-electron chi connectivity index (χ4n) is 4.89. The van der Waals surface area contributed by atoms with E-state index >= 15 is 0 Å². The first-order valence-electron chi connectivity index (χ1n) is 12.7. The van der Waals surface area contributed by atoms with E-state index < -0.39 is 5.91 Å². The van der Waals surface area contributed by atoms with E-state index in [9.17, 15) is 9.18 Å². The lowest BCUT2D eigenvalue weighted by atomic mass is 9.83. The molecule has 1 aliphatic heterocycles. The lowest BCUT2D eigenvalue weighted by Crippen LogP contribution is -2.36. The van der Waals surface area contributed by atoms with Gasteiger partial charge in [-0.1, -0.05) is 61.3 Å². The summed E-state index contributed by atoms with van der Waals surface area (Å²) in [4.78, 5) is 14.0. The first kappa shape index (κ1) is 28.6. The number of hydrogen-bond acceptors (Lipinski definition) is 3. The predicted octanol–water partition coefficient (Wildman–Crippen LogP) is 6.84. The maximum atomic E-state index is 14.7. The standard InChI is InChI=1S/C25H41FN2O2.C2H6/c1-6-17(3)10-19(5)12-20(11-18(4)7-2)15-28-9-8-21-13-22(25(29)27-30)14-24(26)23(21)16-28;1-2/h13-14,17-20,30H,6-12,15-16H2,1-5H3,(H,27,29);1-2H3. The van der Waals surface area contributed by atoms with Gasteiger partial charge in [0.2, 0.25) is 0 Å². The lowest BCUT2D eigenvalue weighted by Gasteiger charge is -2.34. The maximum absolute atomic E-state index is 14.7. The van der Waals surface area contributed by atoms with E-state index in [2.05, 4.69) is 39.5 Å². The van der Waals surface area contributed by atoms with Gasteiger partial charge >= 0.3 is 0 Å². The van der Waals surface area contributed by atoms with Crippen molar-refractivity contribution in [2.24, 2.45) is 23.7 Å². The molecule has 0 saturated heterocycles. The molecule has 1 heterocycles. The molecule has 2 N–H and O–H groups in total. The normalized spacial score (nSPS) is 17.4. The minimum absolute atomic E-state index is 0.177. The Hall–Kier alpha value is -1.46. The largest absolute Gasteiger partial charge is 0.298 e. The first-order chi connectivity index (χ1) is 15.3. The Morgan fingerprint density at radius 1 is 1.06 bits per heavy atom. The first-order valence-corrected chi connectivity index (χ1v) is 12.7. The van der Waals surface area contributed by atoms with Crippen LogP contribution in [0.15, 0.2) is 12.1 Å². The van der Waals surface area contributed by atoms with Crippen molar-refractivity contribution in [2.45, 2.75) is 93.5 Å². The summed E-state index contributed by atoms with van der Waals surface area (Å²) in [5.41, 5.74) is 3.35. The molecule has 0 fully saturated rings. The molecule has 0 saturated carbocycles. The summed E-state index contributed by atoms with van der Waals surface area (Å²) in [7, 11) is 0. The molecule has 0 aromatic heterocycles. The fraction of sp³-hybridized carbons (Fsp3) is 0.741. The van der Waals surface area contributed by atoms with Crippen molar-refractivity contribution in [1.29, 1.82) is 0 Å². The lowest BCUT2D eigenvalue weighted by molar-refractivity contribution is 0.0705. The monoisotopic (exact) mass is 450 g/mol. The van der Waals surface area contributed by atoms with E-state index in [0.29, 0.717) is 29.9 Å². The highest BCUT2D eigenvalue weighted by Gasteiger charge is 2.25. The Balaban J connectivity index is 0.00000249. The van der Waals surface area contributed by atoms with Crippen LogP contribution >= 0.6 is 0 Å². The maximum Gasteiger partial charge on any atom is 0.274 e. The Labute approximate surface area is 195 Å². The van der Waals surface area contributed by atoms with Crippen LogP contribution in [0, 0.1) is 29.5 Å². The van der Waals surface area contributed by atoms with Crippen LogP contribution in [0.5, 0.6) is 0 Å². The minimum atomic E-state index is -0.664. The fourth-order valence-corrected chi connectivity index (χ4v) is 4.89. The van der Waals surface area contributed by atoms with Crippen LogP contribution in [-0.2, 0) is 13.0 Å². The molecule has 1 aliphatic rings. The number of fused-ring (bicyclic) bond motifs is 1. The highest BCUT2D eigenvalue weighted by Crippen LogP contribution is 2.30. The molecular formula is C27H47FN2O2. The van der Waals surface area contributed by atoms with Gasteiger partial charge < -0.3 is 0 Å². The van der Waals surface area contributed by atoms with Gasteiger partial charge in [0.25, 0.3) is 5.91 Å². The van der Waals surface area contributed by atoms with Gasteiger partial charge in [0.15, 0.2) is 0 Å². The molecular weight excluding hydrogens is 403 g/mol. The SMILES string of the molecule is CC.CCC(C)CC(C)CC(CC(C)CC)CN1CCc2cc(C(=O)NO)cc(F)c2C1. The van der Waals surface area contributed by atoms with Crippen LogP contribution in [0.2, 0.25) is 0 Å². The molecule has 32 heavy (non-hydrogen) atoms. The van der Waals surface area contributed by atoms with Gasteiger partial charge in [-0.25, -0.2) is 9.87 Å². The van der Waals surface area contributed by atoms with E-state index in [4.69, 9.17) is 5.21 Å². The van der Waals surface area contributed by atoms with E-state index in [-0.39, 0.29) is 11.4 Å². The second-order valence-corrected chi connectivity index (χ2v) is 9.73. The average molecular weight is 451 g/mol. The quantitative estimate of drug-likeness (QED) is 0.286. The number of rotatable bonds is 11. The zero-order valence-corrected chi connectivity index (χ0v) is 21.5. The summed E-state index contributed by atoms with van der Waals surface area (Å²) in [6, 6.07) is 2.95. The Morgan fingerprint density at radius 2 is 1.66 bits per heavy atom. The van der Waals surface area contributed by atoms with Crippen LogP contribution in [-0.4, -0.2) is 29.1 Å². The second kappa shape index (κ2) is 14.6. The molecule has 2 rings (SSSR count). The molecule has 4 atom stereocenters. The third-order valence-electron chi connectivity index (χ3n) is 6.92. The summed E-state index contributed by atoms with van der Waals surface area (Å²) in [5, 5.41) is 8.83. The Bertz CT molecular complexity index is 694. The number of nitrogens with one attached hydrogen (secondary N) is 1. The van der Waals surface area contributed by atoms with E-state index in [1.165, 1.54) is 38.2 Å². The van der Waals surface area contributed by atoms with Crippen molar-refractivity contribution in [2.75, 3.05) is 13.1 Å². The van der Waals surface area contributed by atoms with E-state index in [0.717, 1.165) is 31.0 Å². The van der Waals surface area contributed by atoms with Gasteiger partial charge in [-0.3, -0.25) is 14.9 Å². The highest BCUT2D eigenvalue weighted by atomic mass is 19.1. The van der Waals surface area contributed by atoms with Crippen LogP contribution in [0.4, 0.5) is 4.39 Å². The summed E-state index contributed by atoms with van der Waals surface area (Å²) in [5.74, 6) is 1.80. The van der Waals surface area contributed by atoms with Crippen LogP contribution in [0.1, 0.15) is 102 Å². The topological polar surface area (TPSA) is 52.6 Å². The molecule has 0 bridgehead atoms. The number of halogens is 1. The van der Waals surface area contributed by atoms with Crippen LogP contribution in [0.3, 0.4) is 0 Å². The smallest absolute Gasteiger partial charge is 0.274 e. The number of benzene rings is 1. The van der Waals surface area contributed by atoms with Gasteiger partial charge in [-0.05, 0) is 67.1 Å². The van der Waals surface area contributed by atoms with Gasteiger partial charge in [-0.2, -0.15) is 0 Å². The van der Waals surface area contributed by atoms with Crippen LogP contribution in [0.25, 0.3) is 0 Å². The minimum Gasteiger partial charge on any atom is -0.298 e. The molecule has 0 aliphatic carbocycles.